The van der Waals surface area contributed by atoms with E-state index in [1.807, 2.05) is 0 Å². The Kier molecular flexibility index (Phi) is 4.56. The largest absolute Gasteiger partial charge is 0.494 e. The van der Waals surface area contributed by atoms with E-state index in [2.05, 4.69) is 5.32 Å². The van der Waals surface area contributed by atoms with Crippen LogP contribution in [0.1, 0.15) is 6.92 Å². The van der Waals surface area contributed by atoms with Crippen LogP contribution in [0.2, 0.25) is 0 Å². The van der Waals surface area contributed by atoms with E-state index in [0.29, 0.717) is 11.4 Å². The maximum Gasteiger partial charge on any atom is 0.327 e. The van der Waals surface area contributed by atoms with Gasteiger partial charge in [-0.25, -0.2) is 14.0 Å². The van der Waals surface area contributed by atoms with Crippen LogP contribution in [0, 0.1) is 5.82 Å². The number of nitrogens with one attached hydrogen (secondary N) is 1. The molecule has 1 aliphatic rings. The fourth-order valence-corrected chi connectivity index (χ4v) is 3.23. The number of anilines is 1. The van der Waals surface area contributed by atoms with Gasteiger partial charge in [-0.1, -0.05) is 0 Å². The average Bonchev–Trinajstić information content (AvgIpc) is 2.83. The van der Waals surface area contributed by atoms with Crippen LogP contribution in [0.3, 0.4) is 0 Å². The minimum absolute atomic E-state index is 0.00595. The maximum atomic E-state index is 13.3. The first-order valence-corrected chi connectivity index (χ1v) is 7.26. The second-order valence-electron chi connectivity index (χ2n) is 4.47. The first-order chi connectivity index (χ1) is 9.93. The Balaban J connectivity index is 2.15. The van der Waals surface area contributed by atoms with Crippen LogP contribution in [-0.2, 0) is 4.79 Å². The average molecular weight is 314 g/mol. The van der Waals surface area contributed by atoms with Crippen molar-refractivity contribution in [2.75, 3.05) is 18.2 Å². The predicted octanol–water partition coefficient (Wildman–Crippen LogP) is 2.21. The Labute approximate surface area is 125 Å². The lowest BCUT2D eigenvalue weighted by molar-refractivity contribution is -0.141. The van der Waals surface area contributed by atoms with E-state index in [9.17, 15) is 14.0 Å². The number of ether oxygens (including phenoxy) is 1. The van der Waals surface area contributed by atoms with Gasteiger partial charge in [0.25, 0.3) is 0 Å². The summed E-state index contributed by atoms with van der Waals surface area (Å²) in [5.41, 5.74) is 0.339. The number of benzene rings is 1. The number of carboxylic acids is 1. The first kappa shape index (κ1) is 15.4. The summed E-state index contributed by atoms with van der Waals surface area (Å²) in [5, 5.41) is 11.5. The third-order valence-corrected chi connectivity index (χ3v) is 4.36. The third kappa shape index (κ3) is 3.21. The zero-order valence-electron chi connectivity index (χ0n) is 11.5. The summed E-state index contributed by atoms with van der Waals surface area (Å²) >= 11 is 1.39. The predicted molar refractivity (Wildman–Crippen MR) is 77.2 cm³/mol. The van der Waals surface area contributed by atoms with Crippen molar-refractivity contribution < 1.29 is 23.8 Å². The molecule has 2 N–H and O–H groups in total. The Morgan fingerprint density at radius 2 is 2.24 bits per heavy atom. The quantitative estimate of drug-likeness (QED) is 0.894. The monoisotopic (exact) mass is 314 g/mol. The van der Waals surface area contributed by atoms with Crippen LogP contribution in [0.4, 0.5) is 14.9 Å². The van der Waals surface area contributed by atoms with E-state index >= 15 is 0 Å². The molecule has 2 rings (SSSR count). The Morgan fingerprint density at radius 1 is 1.52 bits per heavy atom. The molecule has 0 aromatic heterocycles. The second-order valence-corrected chi connectivity index (χ2v) is 5.82. The van der Waals surface area contributed by atoms with E-state index in [0.717, 1.165) is 0 Å². The lowest BCUT2D eigenvalue weighted by Gasteiger charge is -2.25. The standard InChI is InChI=1S/C13H15FN2O4S/c1-7-16(10(6-21-7)12(17)18)13(19)15-8-3-4-9(14)11(5-8)20-2/h3-5,7,10H,6H2,1-2H3,(H,15,19)(H,17,18). The summed E-state index contributed by atoms with van der Waals surface area (Å²) < 4.78 is 18.1. The summed E-state index contributed by atoms with van der Waals surface area (Å²) in [5.74, 6) is -1.23. The Bertz CT molecular complexity index is 569. The number of rotatable bonds is 3. The molecule has 21 heavy (non-hydrogen) atoms. The van der Waals surface area contributed by atoms with Crippen molar-refractivity contribution >= 4 is 29.4 Å². The van der Waals surface area contributed by atoms with Crippen molar-refractivity contribution in [1.29, 1.82) is 0 Å². The molecule has 0 radical (unpaired) electrons. The molecule has 1 aromatic rings. The SMILES string of the molecule is COc1cc(NC(=O)N2C(C)SCC2C(=O)O)ccc1F. The van der Waals surface area contributed by atoms with Crippen molar-refractivity contribution in [1.82, 2.24) is 4.90 Å². The van der Waals surface area contributed by atoms with Gasteiger partial charge in [0.05, 0.1) is 12.5 Å². The van der Waals surface area contributed by atoms with Gasteiger partial charge in [-0.3, -0.25) is 4.90 Å². The molecule has 0 spiro atoms. The molecule has 2 amide bonds. The molecule has 1 aliphatic heterocycles. The summed E-state index contributed by atoms with van der Waals surface area (Å²) in [4.78, 5) is 24.6. The highest BCUT2D eigenvalue weighted by Gasteiger charge is 2.39. The van der Waals surface area contributed by atoms with Crippen molar-refractivity contribution in [2.45, 2.75) is 18.3 Å². The number of nitrogens with zero attached hydrogens (tertiary/aromatic N) is 1. The van der Waals surface area contributed by atoms with Crippen molar-refractivity contribution in [3.8, 4) is 5.75 Å². The van der Waals surface area contributed by atoms with Crippen LogP contribution < -0.4 is 10.1 Å². The molecule has 0 aliphatic carbocycles. The highest BCUT2D eigenvalue weighted by atomic mass is 32.2. The molecule has 8 heteroatoms. The highest BCUT2D eigenvalue weighted by molar-refractivity contribution is 8.00. The fourth-order valence-electron chi connectivity index (χ4n) is 2.07. The number of thioether (sulfide) groups is 1. The third-order valence-electron chi connectivity index (χ3n) is 3.14. The number of methoxy groups -OCH3 is 1. The number of carboxylic acid groups (broad SMARTS) is 1. The number of amides is 2. The van der Waals surface area contributed by atoms with Gasteiger partial charge in [-0.2, -0.15) is 0 Å². The smallest absolute Gasteiger partial charge is 0.327 e. The van der Waals surface area contributed by atoms with Gasteiger partial charge >= 0.3 is 12.0 Å². The fraction of sp³-hybridized carbons (Fsp3) is 0.385. The summed E-state index contributed by atoms with van der Waals surface area (Å²) in [6.07, 6.45) is 0. The molecule has 6 nitrogen and oxygen atoms in total. The van der Waals surface area contributed by atoms with Gasteiger partial charge in [0.2, 0.25) is 0 Å². The minimum Gasteiger partial charge on any atom is -0.494 e. The minimum atomic E-state index is -1.04. The molecule has 1 saturated heterocycles. The number of carbonyl (C=O) groups excluding carboxylic acids is 1. The summed E-state index contributed by atoms with van der Waals surface area (Å²) in [6.45, 7) is 1.76. The number of halogens is 1. The van der Waals surface area contributed by atoms with Crippen molar-refractivity contribution in [3.05, 3.63) is 24.0 Å². The lowest BCUT2D eigenvalue weighted by atomic mass is 10.2. The van der Waals surface area contributed by atoms with E-state index < -0.39 is 23.9 Å². The number of hydrogen-bond donors (Lipinski definition) is 2. The van der Waals surface area contributed by atoms with Gasteiger partial charge in [-0.15, -0.1) is 11.8 Å². The maximum absolute atomic E-state index is 13.3. The zero-order valence-corrected chi connectivity index (χ0v) is 12.3. The van der Waals surface area contributed by atoms with Crippen LogP contribution in [0.5, 0.6) is 5.75 Å². The zero-order chi connectivity index (χ0) is 15.6. The molecule has 0 saturated carbocycles. The normalized spacial score (nSPS) is 21.2. The van der Waals surface area contributed by atoms with E-state index in [1.54, 1.807) is 6.92 Å². The first-order valence-electron chi connectivity index (χ1n) is 6.21. The molecule has 0 bridgehead atoms. The van der Waals surface area contributed by atoms with E-state index in [-0.39, 0.29) is 11.1 Å². The summed E-state index contributed by atoms with van der Waals surface area (Å²) in [6, 6.07) is 2.50. The van der Waals surface area contributed by atoms with Gasteiger partial charge in [-0.05, 0) is 19.1 Å². The molecule has 1 fully saturated rings. The highest BCUT2D eigenvalue weighted by Crippen LogP contribution is 2.30. The second kappa shape index (κ2) is 6.21. The van der Waals surface area contributed by atoms with Crippen molar-refractivity contribution in [2.24, 2.45) is 0 Å². The Morgan fingerprint density at radius 3 is 2.86 bits per heavy atom. The summed E-state index contributed by atoms with van der Waals surface area (Å²) in [7, 11) is 1.32. The van der Waals surface area contributed by atoms with Crippen LogP contribution >= 0.6 is 11.8 Å². The Hall–Kier alpha value is -1.96. The van der Waals surface area contributed by atoms with Crippen LogP contribution in [0.25, 0.3) is 0 Å². The van der Waals surface area contributed by atoms with Gasteiger partial charge < -0.3 is 15.2 Å². The topological polar surface area (TPSA) is 78.9 Å². The number of hydrogen-bond acceptors (Lipinski definition) is 4. The molecular formula is C13H15FN2O4S. The molecular weight excluding hydrogens is 299 g/mol. The van der Waals surface area contributed by atoms with Gasteiger partial charge in [0.15, 0.2) is 11.6 Å². The number of urea groups is 1. The van der Waals surface area contributed by atoms with Gasteiger partial charge in [0.1, 0.15) is 6.04 Å². The molecule has 114 valence electrons. The molecule has 2 atom stereocenters. The van der Waals surface area contributed by atoms with Gasteiger partial charge in [0, 0.05) is 17.5 Å². The van der Waals surface area contributed by atoms with Crippen LogP contribution in [-0.4, -0.2) is 46.3 Å². The number of carbonyl (C=O) groups is 2. The molecule has 1 heterocycles. The molecule has 1 aromatic carbocycles. The van der Waals surface area contributed by atoms with Crippen LogP contribution in [0.15, 0.2) is 18.2 Å². The number of aliphatic carboxylic acids is 1. The molecule has 2 unspecified atom stereocenters. The lowest BCUT2D eigenvalue weighted by Crippen LogP contribution is -2.46. The van der Waals surface area contributed by atoms with E-state index in [4.69, 9.17) is 9.84 Å². The van der Waals surface area contributed by atoms with Crippen molar-refractivity contribution in [3.63, 3.8) is 0 Å². The van der Waals surface area contributed by atoms with E-state index in [1.165, 1.54) is 42.0 Å².